The highest BCUT2D eigenvalue weighted by atomic mass is 16.5. The van der Waals surface area contributed by atoms with Gasteiger partial charge in [0, 0.05) is 38.9 Å². The molecule has 0 radical (unpaired) electrons. The van der Waals surface area contributed by atoms with Gasteiger partial charge in [-0.15, -0.1) is 0 Å². The highest BCUT2D eigenvalue weighted by molar-refractivity contribution is 5.79. The van der Waals surface area contributed by atoms with Crippen molar-refractivity contribution >= 4 is 5.96 Å². The van der Waals surface area contributed by atoms with Crippen molar-refractivity contribution in [2.24, 2.45) is 10.9 Å². The summed E-state index contributed by atoms with van der Waals surface area (Å²) in [5, 5.41) is 6.74. The first-order chi connectivity index (χ1) is 13.0. The lowest BCUT2D eigenvalue weighted by Crippen LogP contribution is -2.39. The molecule has 6 nitrogen and oxygen atoms in total. The maximum absolute atomic E-state index is 5.92. The highest BCUT2D eigenvalue weighted by Crippen LogP contribution is 2.17. The van der Waals surface area contributed by atoms with Gasteiger partial charge < -0.3 is 25.0 Å². The molecule has 0 aliphatic heterocycles. The fourth-order valence-corrected chi connectivity index (χ4v) is 2.68. The fourth-order valence-electron chi connectivity index (χ4n) is 2.68. The molecule has 1 unspecified atom stereocenters. The molecule has 0 spiro atoms. The molecule has 0 aliphatic rings. The molecule has 0 amide bonds. The van der Waals surface area contributed by atoms with Crippen LogP contribution in [0.5, 0.6) is 5.75 Å². The maximum atomic E-state index is 5.92. The summed E-state index contributed by atoms with van der Waals surface area (Å²) < 4.78 is 11.7. The van der Waals surface area contributed by atoms with E-state index in [4.69, 9.17) is 9.47 Å². The monoisotopic (exact) mass is 378 g/mol. The molecule has 0 aliphatic carbocycles. The molecule has 1 aromatic rings. The first-order valence-electron chi connectivity index (χ1n) is 9.89. The Morgan fingerprint density at radius 1 is 1.19 bits per heavy atom. The van der Waals surface area contributed by atoms with Crippen LogP contribution in [0.3, 0.4) is 0 Å². The van der Waals surface area contributed by atoms with Crippen molar-refractivity contribution in [3.8, 4) is 5.75 Å². The molecule has 0 heterocycles. The third-order valence-corrected chi connectivity index (χ3v) is 4.28. The van der Waals surface area contributed by atoms with Gasteiger partial charge in [-0.2, -0.15) is 0 Å². The molecule has 0 fully saturated rings. The van der Waals surface area contributed by atoms with Crippen LogP contribution in [-0.4, -0.2) is 64.4 Å². The van der Waals surface area contributed by atoms with Crippen LogP contribution in [0.25, 0.3) is 0 Å². The van der Waals surface area contributed by atoms with E-state index in [1.165, 1.54) is 0 Å². The van der Waals surface area contributed by atoms with Gasteiger partial charge in [-0.1, -0.05) is 32.0 Å². The fraction of sp³-hybridized carbons (Fsp3) is 0.667. The second kappa shape index (κ2) is 13.4. The normalized spacial score (nSPS) is 13.1. The van der Waals surface area contributed by atoms with E-state index in [0.717, 1.165) is 43.4 Å². The quantitative estimate of drug-likeness (QED) is 0.433. The van der Waals surface area contributed by atoms with Crippen molar-refractivity contribution in [1.82, 2.24) is 15.5 Å². The van der Waals surface area contributed by atoms with Crippen molar-refractivity contribution in [3.05, 3.63) is 29.8 Å². The Kier molecular flexibility index (Phi) is 11.5. The van der Waals surface area contributed by atoms with Crippen LogP contribution in [0.1, 0.15) is 32.8 Å². The third kappa shape index (κ3) is 9.63. The van der Waals surface area contributed by atoms with Crippen LogP contribution in [0.15, 0.2) is 29.3 Å². The summed E-state index contributed by atoms with van der Waals surface area (Å²) in [4.78, 5) is 6.42. The number of guanidine groups is 1. The summed E-state index contributed by atoms with van der Waals surface area (Å²) in [6.45, 7) is 10.2. The predicted octanol–water partition coefficient (Wildman–Crippen LogP) is 2.74. The van der Waals surface area contributed by atoms with Gasteiger partial charge in [0.15, 0.2) is 5.96 Å². The van der Waals surface area contributed by atoms with E-state index in [0.29, 0.717) is 19.1 Å². The second-order valence-corrected chi connectivity index (χ2v) is 7.14. The van der Waals surface area contributed by atoms with Crippen LogP contribution in [0.4, 0.5) is 0 Å². The third-order valence-electron chi connectivity index (χ3n) is 4.28. The summed E-state index contributed by atoms with van der Waals surface area (Å²) in [6.07, 6.45) is 1.22. The smallest absolute Gasteiger partial charge is 0.191 e. The number of aliphatic imine (C=N–C) groups is 1. The zero-order valence-corrected chi connectivity index (χ0v) is 17.9. The molecule has 6 heteroatoms. The Balaban J connectivity index is 2.48. The van der Waals surface area contributed by atoms with E-state index in [9.17, 15) is 0 Å². The molecule has 154 valence electrons. The van der Waals surface area contributed by atoms with Gasteiger partial charge in [0.25, 0.3) is 0 Å². The van der Waals surface area contributed by atoms with Gasteiger partial charge in [0.05, 0.1) is 6.10 Å². The molecule has 1 atom stereocenters. The minimum absolute atomic E-state index is 0.270. The number of rotatable bonds is 12. The lowest BCUT2D eigenvalue weighted by atomic mass is 10.0. The van der Waals surface area contributed by atoms with Crippen molar-refractivity contribution < 1.29 is 9.47 Å². The van der Waals surface area contributed by atoms with Gasteiger partial charge in [0.1, 0.15) is 12.4 Å². The number of ether oxygens (including phenoxy) is 2. The molecule has 0 aromatic heterocycles. The predicted molar refractivity (Wildman–Crippen MR) is 114 cm³/mol. The van der Waals surface area contributed by atoms with Gasteiger partial charge in [-0.3, -0.25) is 4.99 Å². The molecular formula is C21H38N4O2. The van der Waals surface area contributed by atoms with E-state index >= 15 is 0 Å². The highest BCUT2D eigenvalue weighted by Gasteiger charge is 2.13. The summed E-state index contributed by atoms with van der Waals surface area (Å²) in [5.41, 5.74) is 1.12. The Bertz CT molecular complexity index is 547. The Hall–Kier alpha value is -1.79. The average Bonchev–Trinajstić information content (AvgIpc) is 2.64. The van der Waals surface area contributed by atoms with E-state index < -0.39 is 0 Å². The van der Waals surface area contributed by atoms with Gasteiger partial charge in [-0.05, 0) is 39.4 Å². The van der Waals surface area contributed by atoms with Gasteiger partial charge in [0.2, 0.25) is 0 Å². The number of nitrogens with zero attached hydrogens (tertiary/aromatic N) is 2. The molecule has 27 heavy (non-hydrogen) atoms. The van der Waals surface area contributed by atoms with E-state index in [-0.39, 0.29) is 6.10 Å². The summed E-state index contributed by atoms with van der Waals surface area (Å²) in [7, 11) is 5.88. The largest absolute Gasteiger partial charge is 0.492 e. The molecule has 2 N–H and O–H groups in total. The molecule has 1 aromatic carbocycles. The summed E-state index contributed by atoms with van der Waals surface area (Å²) in [5.74, 6) is 2.21. The maximum Gasteiger partial charge on any atom is 0.191 e. The molecule has 1 rings (SSSR count). The zero-order chi connectivity index (χ0) is 20.1. The second-order valence-electron chi connectivity index (χ2n) is 7.14. The number of hydrogen-bond acceptors (Lipinski definition) is 4. The van der Waals surface area contributed by atoms with E-state index in [1.54, 1.807) is 7.05 Å². The minimum Gasteiger partial charge on any atom is -0.492 e. The number of benzene rings is 1. The van der Waals surface area contributed by atoms with Crippen molar-refractivity contribution in [2.75, 3.05) is 47.4 Å². The van der Waals surface area contributed by atoms with Crippen LogP contribution in [0.2, 0.25) is 0 Å². The number of hydrogen-bond donors (Lipinski definition) is 2. The van der Waals surface area contributed by atoms with Crippen LogP contribution in [0, 0.1) is 5.92 Å². The van der Waals surface area contributed by atoms with E-state index in [1.807, 2.05) is 39.2 Å². The minimum atomic E-state index is 0.270. The Labute approximate surface area is 165 Å². The Morgan fingerprint density at radius 3 is 2.56 bits per heavy atom. The first kappa shape index (κ1) is 23.2. The number of para-hydroxylation sites is 1. The number of likely N-dealkylation sites (N-methyl/N-ethyl adjacent to an activating group) is 1. The van der Waals surface area contributed by atoms with Crippen molar-refractivity contribution in [1.29, 1.82) is 0 Å². The molecule has 0 saturated carbocycles. The van der Waals surface area contributed by atoms with Crippen molar-refractivity contribution in [3.63, 3.8) is 0 Å². The number of nitrogens with one attached hydrogen (secondary N) is 2. The van der Waals surface area contributed by atoms with E-state index in [2.05, 4.69) is 40.4 Å². The summed E-state index contributed by atoms with van der Waals surface area (Å²) >= 11 is 0. The lowest BCUT2D eigenvalue weighted by molar-refractivity contribution is 0.0258. The molecular weight excluding hydrogens is 340 g/mol. The van der Waals surface area contributed by atoms with Crippen molar-refractivity contribution in [2.45, 2.75) is 39.8 Å². The Morgan fingerprint density at radius 2 is 1.93 bits per heavy atom. The lowest BCUT2D eigenvalue weighted by Gasteiger charge is -2.21. The van der Waals surface area contributed by atoms with Gasteiger partial charge >= 0.3 is 0 Å². The molecule has 0 bridgehead atoms. The first-order valence-corrected chi connectivity index (χ1v) is 9.89. The molecule has 0 saturated heterocycles. The van der Waals surface area contributed by atoms with Crippen LogP contribution in [-0.2, 0) is 11.3 Å². The standard InChI is InChI=1S/C21H38N4O2/c1-7-26-19(17(2)3)12-13-23-21(22-4)24-16-18-10-8-9-11-20(18)27-15-14-25(5)6/h8-11,17,19H,7,12-16H2,1-6H3,(H2,22,23,24). The average molecular weight is 379 g/mol. The van der Waals surface area contributed by atoms with Crippen LogP contribution >= 0.6 is 0 Å². The SMILES string of the molecule is CCOC(CCNC(=NC)NCc1ccccc1OCCN(C)C)C(C)C. The van der Waals surface area contributed by atoms with Crippen LogP contribution < -0.4 is 15.4 Å². The topological polar surface area (TPSA) is 58.1 Å². The summed E-state index contributed by atoms with van der Waals surface area (Å²) in [6, 6.07) is 8.12. The van der Waals surface area contributed by atoms with Gasteiger partial charge in [-0.25, -0.2) is 0 Å². The zero-order valence-electron chi connectivity index (χ0n) is 17.9.